The standard InChI is InChI=1S/C23H23ClN2O4S/c1-30-20-11-13-21(14-12-20)31(28,29)26(16-18-7-3-2-4-8-18)17-23(27)25-15-19-9-5-6-10-22(19)24/h2-14H,15-17H2,1H3,(H,25,27). The van der Waals surface area contributed by atoms with E-state index in [0.29, 0.717) is 10.8 Å². The summed E-state index contributed by atoms with van der Waals surface area (Å²) in [5.41, 5.74) is 1.53. The summed E-state index contributed by atoms with van der Waals surface area (Å²) in [7, 11) is -2.41. The molecule has 162 valence electrons. The lowest BCUT2D eigenvalue weighted by atomic mass is 10.2. The van der Waals surface area contributed by atoms with Crippen molar-refractivity contribution in [2.24, 2.45) is 0 Å². The first-order valence-electron chi connectivity index (χ1n) is 9.58. The Morgan fingerprint density at radius 1 is 0.968 bits per heavy atom. The monoisotopic (exact) mass is 458 g/mol. The number of benzene rings is 3. The average Bonchev–Trinajstić information content (AvgIpc) is 2.79. The highest BCUT2D eigenvalue weighted by Crippen LogP contribution is 2.21. The highest BCUT2D eigenvalue weighted by Gasteiger charge is 2.27. The van der Waals surface area contributed by atoms with Crippen LogP contribution in [0.4, 0.5) is 0 Å². The van der Waals surface area contributed by atoms with Gasteiger partial charge in [0.15, 0.2) is 0 Å². The third-order valence-corrected chi connectivity index (χ3v) is 6.83. The zero-order valence-corrected chi connectivity index (χ0v) is 18.6. The maximum atomic E-state index is 13.3. The van der Waals surface area contributed by atoms with Crippen LogP contribution in [0.1, 0.15) is 11.1 Å². The predicted molar refractivity (Wildman–Crippen MR) is 120 cm³/mol. The van der Waals surface area contributed by atoms with Crippen LogP contribution in [-0.4, -0.2) is 32.3 Å². The molecule has 6 nitrogen and oxygen atoms in total. The molecule has 0 heterocycles. The Hall–Kier alpha value is -2.87. The second kappa shape index (κ2) is 10.4. The van der Waals surface area contributed by atoms with Crippen LogP contribution in [0.2, 0.25) is 5.02 Å². The van der Waals surface area contributed by atoms with Crippen molar-refractivity contribution in [1.29, 1.82) is 0 Å². The molecule has 0 aliphatic carbocycles. The molecular formula is C23H23ClN2O4S. The topological polar surface area (TPSA) is 75.7 Å². The van der Waals surface area contributed by atoms with E-state index >= 15 is 0 Å². The van der Waals surface area contributed by atoms with Gasteiger partial charge in [-0.3, -0.25) is 4.79 Å². The van der Waals surface area contributed by atoms with Gasteiger partial charge in [-0.05, 0) is 41.5 Å². The van der Waals surface area contributed by atoms with Crippen LogP contribution >= 0.6 is 11.6 Å². The SMILES string of the molecule is COc1ccc(S(=O)(=O)N(CC(=O)NCc2ccccc2Cl)Cc2ccccc2)cc1. The van der Waals surface area contributed by atoms with Crippen LogP contribution in [-0.2, 0) is 27.9 Å². The molecule has 0 fully saturated rings. The number of rotatable bonds is 9. The molecule has 0 radical (unpaired) electrons. The lowest BCUT2D eigenvalue weighted by molar-refractivity contribution is -0.121. The maximum Gasteiger partial charge on any atom is 0.243 e. The molecular weight excluding hydrogens is 436 g/mol. The number of halogens is 1. The highest BCUT2D eigenvalue weighted by atomic mass is 35.5. The zero-order chi connectivity index (χ0) is 22.3. The second-order valence-electron chi connectivity index (χ2n) is 6.80. The molecule has 3 aromatic carbocycles. The van der Waals surface area contributed by atoms with E-state index < -0.39 is 15.9 Å². The normalized spacial score (nSPS) is 11.3. The van der Waals surface area contributed by atoms with Crippen molar-refractivity contribution in [3.63, 3.8) is 0 Å². The second-order valence-corrected chi connectivity index (χ2v) is 9.15. The molecule has 0 saturated carbocycles. The third kappa shape index (κ3) is 6.07. The molecule has 0 aromatic heterocycles. The van der Waals surface area contributed by atoms with Gasteiger partial charge in [0.25, 0.3) is 0 Å². The largest absolute Gasteiger partial charge is 0.497 e. The Kier molecular flexibility index (Phi) is 7.68. The van der Waals surface area contributed by atoms with Crippen molar-refractivity contribution in [1.82, 2.24) is 9.62 Å². The fourth-order valence-corrected chi connectivity index (χ4v) is 4.55. The third-order valence-electron chi connectivity index (χ3n) is 4.65. The molecule has 3 rings (SSSR count). The van der Waals surface area contributed by atoms with Crippen molar-refractivity contribution in [3.05, 3.63) is 95.0 Å². The summed E-state index contributed by atoms with van der Waals surface area (Å²) in [6.45, 7) is -0.0529. The summed E-state index contributed by atoms with van der Waals surface area (Å²) in [5, 5.41) is 3.29. The molecule has 0 atom stereocenters. The van der Waals surface area contributed by atoms with Crippen LogP contribution in [0, 0.1) is 0 Å². The van der Waals surface area contributed by atoms with Crippen molar-refractivity contribution in [2.45, 2.75) is 18.0 Å². The number of hydrogen-bond donors (Lipinski definition) is 1. The minimum absolute atomic E-state index is 0.0642. The van der Waals surface area contributed by atoms with E-state index in [1.165, 1.54) is 19.2 Å². The molecule has 1 amide bonds. The van der Waals surface area contributed by atoms with Crippen molar-refractivity contribution in [3.8, 4) is 5.75 Å². The van der Waals surface area contributed by atoms with Crippen LogP contribution in [0.3, 0.4) is 0 Å². The number of carbonyl (C=O) groups is 1. The van der Waals surface area contributed by atoms with E-state index in [1.807, 2.05) is 36.4 Å². The molecule has 3 aromatic rings. The Morgan fingerprint density at radius 3 is 2.26 bits per heavy atom. The first kappa shape index (κ1) is 22.8. The van der Waals surface area contributed by atoms with Gasteiger partial charge < -0.3 is 10.1 Å². The van der Waals surface area contributed by atoms with Crippen LogP contribution < -0.4 is 10.1 Å². The molecule has 1 N–H and O–H groups in total. The summed E-state index contributed by atoms with van der Waals surface area (Å²) in [6, 6.07) is 22.4. The summed E-state index contributed by atoms with van der Waals surface area (Å²) < 4.78 is 32.8. The van der Waals surface area contributed by atoms with Gasteiger partial charge in [-0.1, -0.05) is 60.1 Å². The number of amides is 1. The Bertz CT molecular complexity index is 1120. The molecule has 0 bridgehead atoms. The van der Waals surface area contributed by atoms with Crippen molar-refractivity contribution >= 4 is 27.5 Å². The molecule has 8 heteroatoms. The lowest BCUT2D eigenvalue weighted by Gasteiger charge is -2.22. The number of nitrogens with one attached hydrogen (secondary N) is 1. The Balaban J connectivity index is 1.80. The zero-order valence-electron chi connectivity index (χ0n) is 17.0. The van der Waals surface area contributed by atoms with E-state index in [1.54, 1.807) is 30.3 Å². The fourth-order valence-electron chi connectivity index (χ4n) is 2.96. The minimum Gasteiger partial charge on any atom is -0.497 e. The average molecular weight is 459 g/mol. The molecule has 0 aliphatic heterocycles. The number of nitrogens with zero attached hydrogens (tertiary/aromatic N) is 1. The van der Waals surface area contributed by atoms with Gasteiger partial charge in [0.2, 0.25) is 15.9 Å². The summed E-state index contributed by atoms with van der Waals surface area (Å²) in [4.78, 5) is 12.7. The molecule has 0 unspecified atom stereocenters. The number of methoxy groups -OCH3 is 1. The number of hydrogen-bond acceptors (Lipinski definition) is 4. The number of sulfonamides is 1. The van der Waals surface area contributed by atoms with Crippen molar-refractivity contribution in [2.75, 3.05) is 13.7 Å². The fraction of sp³-hybridized carbons (Fsp3) is 0.174. The van der Waals surface area contributed by atoms with E-state index in [4.69, 9.17) is 16.3 Å². The highest BCUT2D eigenvalue weighted by molar-refractivity contribution is 7.89. The first-order chi connectivity index (χ1) is 14.9. The van der Waals surface area contributed by atoms with E-state index in [-0.39, 0.29) is 24.5 Å². The molecule has 31 heavy (non-hydrogen) atoms. The quantitative estimate of drug-likeness (QED) is 0.528. The first-order valence-corrected chi connectivity index (χ1v) is 11.4. The van der Waals surface area contributed by atoms with Gasteiger partial charge >= 0.3 is 0 Å². The minimum atomic E-state index is -3.92. The smallest absolute Gasteiger partial charge is 0.243 e. The van der Waals surface area contributed by atoms with Crippen LogP contribution in [0.5, 0.6) is 5.75 Å². The van der Waals surface area contributed by atoms with Gasteiger partial charge in [0, 0.05) is 18.1 Å². The van der Waals surface area contributed by atoms with Gasteiger partial charge in [-0.25, -0.2) is 8.42 Å². The van der Waals surface area contributed by atoms with E-state index in [0.717, 1.165) is 15.4 Å². The predicted octanol–water partition coefficient (Wildman–Crippen LogP) is 3.86. The van der Waals surface area contributed by atoms with Crippen molar-refractivity contribution < 1.29 is 17.9 Å². The van der Waals surface area contributed by atoms with Crippen LogP contribution in [0.25, 0.3) is 0 Å². The number of carbonyl (C=O) groups excluding carboxylic acids is 1. The van der Waals surface area contributed by atoms with Gasteiger partial charge in [-0.15, -0.1) is 0 Å². The summed E-state index contributed by atoms with van der Waals surface area (Å²) in [6.07, 6.45) is 0. The van der Waals surface area contributed by atoms with E-state index in [9.17, 15) is 13.2 Å². The summed E-state index contributed by atoms with van der Waals surface area (Å²) in [5.74, 6) is 0.124. The number of ether oxygens (including phenoxy) is 1. The molecule has 0 spiro atoms. The van der Waals surface area contributed by atoms with Gasteiger partial charge in [0.05, 0.1) is 18.6 Å². The summed E-state index contributed by atoms with van der Waals surface area (Å²) >= 11 is 6.13. The van der Waals surface area contributed by atoms with Crippen LogP contribution in [0.15, 0.2) is 83.8 Å². The Morgan fingerprint density at radius 2 is 1.61 bits per heavy atom. The molecule has 0 saturated heterocycles. The Labute approximate surface area is 187 Å². The van der Waals surface area contributed by atoms with Gasteiger partial charge in [0.1, 0.15) is 5.75 Å². The van der Waals surface area contributed by atoms with Gasteiger partial charge in [-0.2, -0.15) is 4.31 Å². The molecule has 0 aliphatic rings. The van der Waals surface area contributed by atoms with E-state index in [2.05, 4.69) is 5.32 Å². The maximum absolute atomic E-state index is 13.3. The lowest BCUT2D eigenvalue weighted by Crippen LogP contribution is -2.40.